The highest BCUT2D eigenvalue weighted by Crippen LogP contribution is 2.18. The zero-order valence-corrected chi connectivity index (χ0v) is 11.2. The van der Waals surface area contributed by atoms with Crippen LogP contribution >= 0.6 is 0 Å². The van der Waals surface area contributed by atoms with Crippen molar-refractivity contribution < 1.29 is 0 Å². The zero-order valence-electron chi connectivity index (χ0n) is 11.2. The van der Waals surface area contributed by atoms with Crippen molar-refractivity contribution in [1.29, 1.82) is 0 Å². The molecular formula is C14H23N3. The summed E-state index contributed by atoms with van der Waals surface area (Å²) in [5, 5.41) is 3.62. The van der Waals surface area contributed by atoms with Crippen molar-refractivity contribution >= 4 is 0 Å². The molecule has 0 radical (unpaired) electrons. The van der Waals surface area contributed by atoms with Crippen molar-refractivity contribution in [3.63, 3.8) is 0 Å². The molecule has 3 heteroatoms. The molecule has 1 aromatic rings. The Hall–Kier alpha value is -0.930. The number of rotatable bonds is 3. The fraction of sp³-hybridized carbons (Fsp3) is 0.643. The second-order valence-corrected chi connectivity index (χ2v) is 5.35. The lowest BCUT2D eigenvalue weighted by Crippen LogP contribution is -2.58. The first-order valence-electron chi connectivity index (χ1n) is 6.50. The van der Waals surface area contributed by atoms with Crippen molar-refractivity contribution in [2.45, 2.75) is 39.3 Å². The van der Waals surface area contributed by atoms with Gasteiger partial charge in [0.25, 0.3) is 0 Å². The molecule has 2 heterocycles. The van der Waals surface area contributed by atoms with Gasteiger partial charge < -0.3 is 5.32 Å². The quantitative estimate of drug-likeness (QED) is 0.865. The number of hydrogen-bond donors (Lipinski definition) is 1. The Bertz CT molecular complexity index is 377. The van der Waals surface area contributed by atoms with Crippen molar-refractivity contribution in [2.24, 2.45) is 0 Å². The largest absolute Gasteiger partial charge is 0.309 e. The highest BCUT2D eigenvalue weighted by molar-refractivity contribution is 5.21. The molecule has 1 atom stereocenters. The van der Waals surface area contributed by atoms with Crippen molar-refractivity contribution in [3.8, 4) is 0 Å². The minimum Gasteiger partial charge on any atom is -0.309 e. The average Bonchev–Trinajstić information content (AvgIpc) is 2.32. The van der Waals surface area contributed by atoms with E-state index in [0.717, 1.165) is 26.2 Å². The fourth-order valence-electron chi connectivity index (χ4n) is 2.42. The molecule has 1 N–H and O–H groups in total. The number of hydrogen-bond acceptors (Lipinski definition) is 3. The molecule has 0 aliphatic carbocycles. The van der Waals surface area contributed by atoms with Crippen molar-refractivity contribution in [2.75, 3.05) is 19.6 Å². The number of nitrogens with one attached hydrogen (secondary N) is 1. The van der Waals surface area contributed by atoms with Gasteiger partial charge in [-0.05, 0) is 37.5 Å². The van der Waals surface area contributed by atoms with Gasteiger partial charge in [-0.15, -0.1) is 0 Å². The second kappa shape index (κ2) is 5.15. The van der Waals surface area contributed by atoms with Crippen LogP contribution in [0.25, 0.3) is 0 Å². The molecule has 1 saturated heterocycles. The first-order chi connectivity index (χ1) is 8.13. The van der Waals surface area contributed by atoms with E-state index < -0.39 is 0 Å². The number of aryl methyl sites for hydroxylation is 1. The summed E-state index contributed by atoms with van der Waals surface area (Å²) in [6.07, 6.45) is 5.04. The molecule has 1 unspecified atom stereocenters. The van der Waals surface area contributed by atoms with Crippen LogP contribution in [0.2, 0.25) is 0 Å². The SMILES string of the molecule is CCC1(C)CN(Cc2cnccc2C)CCN1. The highest BCUT2D eigenvalue weighted by Gasteiger charge is 2.28. The molecule has 1 aliphatic heterocycles. The first kappa shape index (κ1) is 12.5. The number of piperazine rings is 1. The van der Waals surface area contributed by atoms with E-state index in [-0.39, 0.29) is 5.54 Å². The Morgan fingerprint density at radius 1 is 1.53 bits per heavy atom. The van der Waals surface area contributed by atoms with E-state index in [2.05, 4.69) is 42.0 Å². The van der Waals surface area contributed by atoms with Gasteiger partial charge in [-0.25, -0.2) is 0 Å². The van der Waals surface area contributed by atoms with Crippen LogP contribution in [0.3, 0.4) is 0 Å². The Kier molecular flexibility index (Phi) is 3.79. The molecule has 0 amide bonds. The summed E-state index contributed by atoms with van der Waals surface area (Å²) in [4.78, 5) is 6.76. The summed E-state index contributed by atoms with van der Waals surface area (Å²) >= 11 is 0. The van der Waals surface area contributed by atoms with Gasteiger partial charge >= 0.3 is 0 Å². The van der Waals surface area contributed by atoms with E-state index >= 15 is 0 Å². The molecule has 0 spiro atoms. The third kappa shape index (κ3) is 3.05. The first-order valence-corrected chi connectivity index (χ1v) is 6.50. The van der Waals surface area contributed by atoms with Gasteiger partial charge in [0.05, 0.1) is 0 Å². The molecule has 1 fully saturated rings. The maximum Gasteiger partial charge on any atom is 0.0315 e. The fourth-order valence-corrected chi connectivity index (χ4v) is 2.42. The summed E-state index contributed by atoms with van der Waals surface area (Å²) < 4.78 is 0. The molecule has 1 aliphatic rings. The van der Waals surface area contributed by atoms with Gasteiger partial charge in [0, 0.05) is 44.1 Å². The third-order valence-corrected chi connectivity index (χ3v) is 3.87. The molecule has 0 saturated carbocycles. The van der Waals surface area contributed by atoms with Crippen LogP contribution in [0.5, 0.6) is 0 Å². The average molecular weight is 233 g/mol. The lowest BCUT2D eigenvalue weighted by molar-refractivity contribution is 0.133. The van der Waals surface area contributed by atoms with Crippen LogP contribution in [0.4, 0.5) is 0 Å². The summed E-state index contributed by atoms with van der Waals surface area (Å²) in [6.45, 7) is 11.1. The second-order valence-electron chi connectivity index (χ2n) is 5.35. The van der Waals surface area contributed by atoms with Crippen LogP contribution in [0.15, 0.2) is 18.5 Å². The van der Waals surface area contributed by atoms with Gasteiger partial charge in [-0.3, -0.25) is 9.88 Å². The maximum atomic E-state index is 4.23. The predicted octanol–water partition coefficient (Wildman–Crippen LogP) is 1.96. The molecule has 0 aromatic carbocycles. The standard InChI is InChI=1S/C14H23N3/c1-4-14(3)11-17(8-7-16-14)10-13-9-15-6-5-12(13)2/h5-6,9,16H,4,7-8,10-11H2,1-3H3. The molecule has 2 rings (SSSR count). The summed E-state index contributed by atoms with van der Waals surface area (Å²) in [5.41, 5.74) is 2.97. The topological polar surface area (TPSA) is 28.2 Å². The lowest BCUT2D eigenvalue weighted by atomic mass is 9.95. The Morgan fingerprint density at radius 3 is 3.06 bits per heavy atom. The Morgan fingerprint density at radius 2 is 2.35 bits per heavy atom. The summed E-state index contributed by atoms with van der Waals surface area (Å²) in [6, 6.07) is 2.09. The lowest BCUT2D eigenvalue weighted by Gasteiger charge is -2.41. The monoisotopic (exact) mass is 233 g/mol. The van der Waals surface area contributed by atoms with E-state index in [9.17, 15) is 0 Å². The van der Waals surface area contributed by atoms with Crippen molar-refractivity contribution in [1.82, 2.24) is 15.2 Å². The highest BCUT2D eigenvalue weighted by atomic mass is 15.2. The molecule has 94 valence electrons. The van der Waals surface area contributed by atoms with E-state index in [1.165, 1.54) is 17.5 Å². The Labute approximate surface area is 104 Å². The van der Waals surface area contributed by atoms with Gasteiger partial charge in [0.2, 0.25) is 0 Å². The molecule has 17 heavy (non-hydrogen) atoms. The van der Waals surface area contributed by atoms with Crippen molar-refractivity contribution in [3.05, 3.63) is 29.6 Å². The van der Waals surface area contributed by atoms with Crippen LogP contribution < -0.4 is 5.32 Å². The van der Waals surface area contributed by atoms with E-state index in [1.54, 1.807) is 0 Å². The normalized spacial score (nSPS) is 26.1. The van der Waals surface area contributed by atoms with Gasteiger partial charge in [-0.2, -0.15) is 0 Å². The molecular weight excluding hydrogens is 210 g/mol. The molecule has 3 nitrogen and oxygen atoms in total. The molecule has 0 bridgehead atoms. The van der Waals surface area contributed by atoms with Gasteiger partial charge in [-0.1, -0.05) is 6.92 Å². The number of aromatic nitrogens is 1. The van der Waals surface area contributed by atoms with Crippen LogP contribution in [0.1, 0.15) is 31.4 Å². The zero-order chi connectivity index (χ0) is 12.3. The van der Waals surface area contributed by atoms with E-state index in [1.807, 2.05) is 12.4 Å². The summed E-state index contributed by atoms with van der Waals surface area (Å²) in [7, 11) is 0. The van der Waals surface area contributed by atoms with Crippen LogP contribution in [-0.2, 0) is 6.54 Å². The number of pyridine rings is 1. The Balaban J connectivity index is 2.02. The van der Waals surface area contributed by atoms with Crippen LogP contribution in [-0.4, -0.2) is 35.1 Å². The van der Waals surface area contributed by atoms with E-state index in [0.29, 0.717) is 0 Å². The predicted molar refractivity (Wildman–Crippen MR) is 70.9 cm³/mol. The third-order valence-electron chi connectivity index (χ3n) is 3.87. The van der Waals surface area contributed by atoms with Gasteiger partial charge in [0.1, 0.15) is 0 Å². The van der Waals surface area contributed by atoms with Gasteiger partial charge in [0.15, 0.2) is 0 Å². The van der Waals surface area contributed by atoms with E-state index in [4.69, 9.17) is 0 Å². The smallest absolute Gasteiger partial charge is 0.0315 e. The molecule has 1 aromatic heterocycles. The maximum absolute atomic E-state index is 4.23. The number of nitrogens with zero attached hydrogens (tertiary/aromatic N) is 2. The minimum absolute atomic E-state index is 0.272. The van der Waals surface area contributed by atoms with Crippen LogP contribution in [0, 0.1) is 6.92 Å². The summed E-state index contributed by atoms with van der Waals surface area (Å²) in [5.74, 6) is 0. The minimum atomic E-state index is 0.272.